The highest BCUT2D eigenvalue weighted by atomic mass is 16.6. The number of ether oxygens (including phenoxy) is 1. The van der Waals surface area contributed by atoms with E-state index in [0.29, 0.717) is 12.3 Å². The van der Waals surface area contributed by atoms with Crippen molar-refractivity contribution in [2.24, 2.45) is 16.7 Å². The van der Waals surface area contributed by atoms with E-state index in [9.17, 15) is 4.79 Å². The van der Waals surface area contributed by atoms with Crippen LogP contribution in [-0.4, -0.2) is 17.8 Å². The highest BCUT2D eigenvalue weighted by molar-refractivity contribution is 6.02. The highest BCUT2D eigenvalue weighted by Crippen LogP contribution is 2.56. The van der Waals surface area contributed by atoms with Gasteiger partial charge in [0.15, 0.2) is 0 Å². The third-order valence-electron chi connectivity index (χ3n) is 6.22. The normalized spacial score (nSPS) is 43.0. The summed E-state index contributed by atoms with van der Waals surface area (Å²) in [5, 5.41) is 8.36. The summed E-state index contributed by atoms with van der Waals surface area (Å²) in [6.07, 6.45) is 6.38. The molecule has 2 aliphatic carbocycles. The van der Waals surface area contributed by atoms with Crippen molar-refractivity contribution < 1.29 is 9.53 Å². The summed E-state index contributed by atoms with van der Waals surface area (Å²) in [5.41, 5.74) is 2.61. The lowest BCUT2D eigenvalue weighted by Crippen LogP contribution is -2.43. The van der Waals surface area contributed by atoms with E-state index in [1.165, 1.54) is 11.1 Å². The van der Waals surface area contributed by atoms with Crippen LogP contribution < -0.4 is 0 Å². The van der Waals surface area contributed by atoms with Gasteiger partial charge in [-0.25, -0.2) is 0 Å². The Morgan fingerprint density at radius 2 is 2.05 bits per heavy atom. The first-order valence-electron chi connectivity index (χ1n) is 7.98. The Balaban J connectivity index is 2.03. The van der Waals surface area contributed by atoms with Gasteiger partial charge in [-0.2, -0.15) is 0 Å². The standard InChI is InChI=1S/C18H25NO2/c1-5-17(3)10-14(21-16(17)20)18(4)11(2)6-7-12-8-9-13(19)15(12)18/h5,11,14,19H,1,6-10H2,2-4H3/t11-,14-,17-,18+/m1/s1. The predicted octanol–water partition coefficient (Wildman–Crippen LogP) is 4.04. The molecule has 21 heavy (non-hydrogen) atoms. The first-order chi connectivity index (χ1) is 9.83. The zero-order chi connectivity index (χ0) is 15.4. The predicted molar refractivity (Wildman–Crippen MR) is 83.3 cm³/mol. The van der Waals surface area contributed by atoms with E-state index in [4.69, 9.17) is 10.1 Å². The van der Waals surface area contributed by atoms with Crippen molar-refractivity contribution in [3.63, 3.8) is 0 Å². The van der Waals surface area contributed by atoms with Gasteiger partial charge in [-0.1, -0.05) is 25.5 Å². The second kappa shape index (κ2) is 4.56. The van der Waals surface area contributed by atoms with E-state index < -0.39 is 5.41 Å². The molecule has 0 saturated carbocycles. The summed E-state index contributed by atoms with van der Waals surface area (Å²) < 4.78 is 5.80. The largest absolute Gasteiger partial charge is 0.461 e. The van der Waals surface area contributed by atoms with Gasteiger partial charge in [0.2, 0.25) is 0 Å². The maximum atomic E-state index is 12.2. The summed E-state index contributed by atoms with van der Waals surface area (Å²) in [7, 11) is 0. The quantitative estimate of drug-likeness (QED) is 0.615. The summed E-state index contributed by atoms with van der Waals surface area (Å²) in [4.78, 5) is 12.2. The van der Waals surface area contributed by atoms with Gasteiger partial charge in [0.1, 0.15) is 6.10 Å². The van der Waals surface area contributed by atoms with Gasteiger partial charge < -0.3 is 10.1 Å². The summed E-state index contributed by atoms with van der Waals surface area (Å²) in [6.45, 7) is 10.2. The van der Waals surface area contributed by atoms with Crippen LogP contribution in [0.3, 0.4) is 0 Å². The fourth-order valence-corrected chi connectivity index (χ4v) is 4.39. The second-order valence-electron chi connectivity index (χ2n) is 7.40. The molecule has 1 aliphatic heterocycles. The molecule has 0 aromatic carbocycles. The molecule has 3 aliphatic rings. The van der Waals surface area contributed by atoms with Crippen molar-refractivity contribution in [1.82, 2.24) is 0 Å². The second-order valence-corrected chi connectivity index (χ2v) is 7.40. The Kier molecular flexibility index (Phi) is 3.16. The SMILES string of the molecule is C=C[C@]1(C)C[C@H]([C@@]2(C)C3=C(CCC3=N)CC[C@H]2C)OC1=O. The Bertz CT molecular complexity index is 562. The fourth-order valence-electron chi connectivity index (χ4n) is 4.39. The molecule has 0 unspecified atom stereocenters. The molecule has 114 valence electrons. The van der Waals surface area contributed by atoms with Crippen molar-refractivity contribution in [3.8, 4) is 0 Å². The molecule has 1 fully saturated rings. The lowest BCUT2D eigenvalue weighted by atomic mass is 9.60. The van der Waals surface area contributed by atoms with E-state index in [2.05, 4.69) is 20.4 Å². The van der Waals surface area contributed by atoms with Crippen molar-refractivity contribution in [2.45, 2.75) is 59.0 Å². The lowest BCUT2D eigenvalue weighted by Gasteiger charge is -2.44. The first kappa shape index (κ1) is 14.6. The molecule has 4 atom stereocenters. The number of hydrogen-bond donors (Lipinski definition) is 1. The summed E-state index contributed by atoms with van der Waals surface area (Å²) in [6, 6.07) is 0. The molecule has 1 heterocycles. The van der Waals surface area contributed by atoms with Gasteiger partial charge in [0.25, 0.3) is 0 Å². The van der Waals surface area contributed by atoms with E-state index in [1.54, 1.807) is 6.08 Å². The third kappa shape index (κ3) is 1.86. The van der Waals surface area contributed by atoms with Crippen LogP contribution in [0.1, 0.15) is 52.9 Å². The zero-order valence-electron chi connectivity index (χ0n) is 13.3. The highest BCUT2D eigenvalue weighted by Gasteiger charge is 2.56. The molecular weight excluding hydrogens is 262 g/mol. The zero-order valence-corrected chi connectivity index (χ0v) is 13.3. The number of esters is 1. The molecule has 0 bridgehead atoms. The van der Waals surface area contributed by atoms with E-state index in [0.717, 1.165) is 31.4 Å². The number of carbonyl (C=O) groups is 1. The number of allylic oxidation sites excluding steroid dienone is 1. The number of cyclic esters (lactones) is 1. The minimum absolute atomic E-state index is 0.133. The Morgan fingerprint density at radius 3 is 2.67 bits per heavy atom. The number of rotatable bonds is 2. The number of nitrogens with one attached hydrogen (secondary N) is 1. The molecule has 3 rings (SSSR count). The Morgan fingerprint density at radius 1 is 1.33 bits per heavy atom. The average molecular weight is 287 g/mol. The molecule has 0 aromatic heterocycles. The molecule has 0 spiro atoms. The van der Waals surface area contributed by atoms with Gasteiger partial charge >= 0.3 is 5.97 Å². The first-order valence-corrected chi connectivity index (χ1v) is 7.98. The van der Waals surface area contributed by atoms with Crippen LogP contribution in [0, 0.1) is 22.2 Å². The molecule has 0 radical (unpaired) electrons. The molecule has 3 nitrogen and oxygen atoms in total. The van der Waals surface area contributed by atoms with Crippen LogP contribution in [0.25, 0.3) is 0 Å². The van der Waals surface area contributed by atoms with E-state index >= 15 is 0 Å². The smallest absolute Gasteiger partial charge is 0.316 e. The average Bonchev–Trinajstić information content (AvgIpc) is 2.97. The number of hydrogen-bond acceptors (Lipinski definition) is 3. The van der Waals surface area contributed by atoms with E-state index in [-0.39, 0.29) is 17.5 Å². The maximum Gasteiger partial charge on any atom is 0.316 e. The van der Waals surface area contributed by atoms with Crippen LogP contribution >= 0.6 is 0 Å². The molecule has 0 aromatic rings. The van der Waals surface area contributed by atoms with E-state index in [1.807, 2.05) is 6.92 Å². The van der Waals surface area contributed by atoms with Crippen molar-refractivity contribution in [2.75, 3.05) is 0 Å². The van der Waals surface area contributed by atoms with Crippen LogP contribution in [0.4, 0.5) is 0 Å². The van der Waals surface area contributed by atoms with Gasteiger partial charge in [-0.15, -0.1) is 6.58 Å². The molecule has 1 N–H and O–H groups in total. The molecular formula is C18H25NO2. The fraction of sp³-hybridized carbons (Fsp3) is 0.667. The number of carbonyl (C=O) groups excluding carboxylic acids is 1. The van der Waals surface area contributed by atoms with Gasteiger partial charge in [-0.3, -0.25) is 4.79 Å². The third-order valence-corrected chi connectivity index (χ3v) is 6.22. The Hall–Kier alpha value is -1.38. The maximum absolute atomic E-state index is 12.2. The topological polar surface area (TPSA) is 50.1 Å². The molecule has 1 saturated heterocycles. The van der Waals surface area contributed by atoms with Crippen molar-refractivity contribution in [3.05, 3.63) is 23.8 Å². The van der Waals surface area contributed by atoms with Gasteiger partial charge in [0.05, 0.1) is 5.41 Å². The van der Waals surface area contributed by atoms with Crippen LogP contribution in [0.15, 0.2) is 23.8 Å². The monoisotopic (exact) mass is 287 g/mol. The van der Waals surface area contributed by atoms with Crippen LogP contribution in [-0.2, 0) is 9.53 Å². The lowest BCUT2D eigenvalue weighted by molar-refractivity contribution is -0.150. The summed E-state index contributed by atoms with van der Waals surface area (Å²) >= 11 is 0. The van der Waals surface area contributed by atoms with Crippen LogP contribution in [0.2, 0.25) is 0 Å². The van der Waals surface area contributed by atoms with Gasteiger partial charge in [0, 0.05) is 17.5 Å². The molecule has 3 heteroatoms. The summed E-state index contributed by atoms with van der Waals surface area (Å²) in [5.74, 6) is 0.271. The van der Waals surface area contributed by atoms with Crippen molar-refractivity contribution in [1.29, 1.82) is 5.41 Å². The minimum Gasteiger partial charge on any atom is -0.461 e. The van der Waals surface area contributed by atoms with Crippen LogP contribution in [0.5, 0.6) is 0 Å². The van der Waals surface area contributed by atoms with Gasteiger partial charge in [-0.05, 0) is 44.1 Å². The molecule has 0 amide bonds. The minimum atomic E-state index is -0.577. The Labute approximate surface area is 127 Å². The van der Waals surface area contributed by atoms with Crippen molar-refractivity contribution >= 4 is 11.7 Å².